The molecule has 7 heteroatoms. The van der Waals surface area contributed by atoms with Gasteiger partial charge in [-0.2, -0.15) is 0 Å². The molecule has 180 valence electrons. The van der Waals surface area contributed by atoms with E-state index in [0.717, 1.165) is 11.1 Å². The molecule has 0 bridgehead atoms. The molecule has 1 aromatic heterocycles. The molecule has 0 unspecified atom stereocenters. The van der Waals surface area contributed by atoms with Crippen molar-refractivity contribution in [2.75, 3.05) is 32.4 Å². The molecule has 0 spiro atoms. The molecule has 1 saturated heterocycles. The van der Waals surface area contributed by atoms with Crippen molar-refractivity contribution in [2.24, 2.45) is 0 Å². The number of hydrogen-bond acceptors (Lipinski definition) is 5. The molecule has 35 heavy (non-hydrogen) atoms. The normalized spacial score (nSPS) is 16.2. The molecule has 1 aliphatic heterocycles. The summed E-state index contributed by atoms with van der Waals surface area (Å²) in [4.78, 5) is 34.3. The highest BCUT2D eigenvalue weighted by Gasteiger charge is 2.36. The van der Waals surface area contributed by atoms with E-state index < -0.39 is 0 Å². The molecule has 0 radical (unpaired) electrons. The van der Waals surface area contributed by atoms with Crippen LogP contribution in [-0.4, -0.2) is 59.3 Å². The number of benzene rings is 2. The van der Waals surface area contributed by atoms with Crippen molar-refractivity contribution in [3.8, 4) is 0 Å². The molecule has 1 atom stereocenters. The molecule has 0 saturated carbocycles. The van der Waals surface area contributed by atoms with Crippen LogP contribution in [-0.2, 0) is 4.79 Å². The van der Waals surface area contributed by atoms with Crippen molar-refractivity contribution < 1.29 is 9.59 Å². The topological polar surface area (TPSA) is 91.6 Å². The number of pyridine rings is 1. The largest absolute Gasteiger partial charge is 0.398 e. The fourth-order valence-electron chi connectivity index (χ4n) is 4.73. The summed E-state index contributed by atoms with van der Waals surface area (Å²) < 4.78 is 0. The quantitative estimate of drug-likeness (QED) is 0.554. The third-order valence-corrected chi connectivity index (χ3v) is 6.55. The number of amides is 2. The van der Waals surface area contributed by atoms with Gasteiger partial charge in [0.15, 0.2) is 0 Å². The Morgan fingerprint density at radius 3 is 2.29 bits per heavy atom. The summed E-state index contributed by atoms with van der Waals surface area (Å²) in [5.74, 6) is -0.250. The molecule has 2 aromatic carbocycles. The monoisotopic (exact) mass is 469 g/mol. The number of nitrogens with zero attached hydrogens (tertiary/aromatic N) is 3. The Kier molecular flexibility index (Phi) is 7.57. The SMILES string of the molecule is C=Cc1cncc(C(=O)N2CCN(C(c3ccccc3)c3ccccc3)[C@H](CC(=O)NC)C2)c1N. The first-order chi connectivity index (χ1) is 17.0. The molecule has 3 N–H and O–H groups in total. The molecule has 4 rings (SSSR count). The minimum absolute atomic E-state index is 0.0415. The Balaban J connectivity index is 1.67. The van der Waals surface area contributed by atoms with Gasteiger partial charge in [-0.3, -0.25) is 19.5 Å². The average Bonchev–Trinajstić information content (AvgIpc) is 2.90. The van der Waals surface area contributed by atoms with E-state index in [-0.39, 0.29) is 30.3 Å². The van der Waals surface area contributed by atoms with Crippen LogP contribution in [0.25, 0.3) is 6.08 Å². The standard InChI is InChI=1S/C28H31N5O2/c1-3-20-17-31-18-24(26(20)29)28(35)32-14-15-33(23(19-32)16-25(34)30-2)27(21-10-6-4-7-11-21)22-12-8-5-9-13-22/h3-13,17-18,23,27H,1,14-16,19H2,2H3,(H2,29,31)(H,30,34)/t23-/m1/s1. The van der Waals surface area contributed by atoms with Gasteiger partial charge in [-0.1, -0.05) is 73.3 Å². The lowest BCUT2D eigenvalue weighted by atomic mass is 9.93. The predicted octanol–water partition coefficient (Wildman–Crippen LogP) is 3.36. The predicted molar refractivity (Wildman–Crippen MR) is 139 cm³/mol. The summed E-state index contributed by atoms with van der Waals surface area (Å²) in [7, 11) is 1.64. The van der Waals surface area contributed by atoms with Crippen LogP contribution in [0.1, 0.15) is 39.5 Å². The number of anilines is 1. The Labute approximate surface area is 206 Å². The third-order valence-electron chi connectivity index (χ3n) is 6.55. The molecule has 1 fully saturated rings. The summed E-state index contributed by atoms with van der Waals surface area (Å²) in [6, 6.07) is 20.3. The van der Waals surface area contributed by atoms with Crippen molar-refractivity contribution in [1.82, 2.24) is 20.1 Å². The maximum atomic E-state index is 13.5. The molecule has 3 aromatic rings. The second kappa shape index (κ2) is 11.0. The molecule has 7 nitrogen and oxygen atoms in total. The van der Waals surface area contributed by atoms with E-state index in [1.54, 1.807) is 24.2 Å². The molecule has 2 heterocycles. The number of nitrogens with one attached hydrogen (secondary N) is 1. The molecule has 2 amide bonds. The lowest BCUT2D eigenvalue weighted by Crippen LogP contribution is -2.56. The van der Waals surface area contributed by atoms with Gasteiger partial charge in [-0.05, 0) is 11.1 Å². The van der Waals surface area contributed by atoms with Gasteiger partial charge in [-0.25, -0.2) is 0 Å². The number of aromatic nitrogens is 1. The number of piperazine rings is 1. The zero-order valence-electron chi connectivity index (χ0n) is 19.9. The maximum Gasteiger partial charge on any atom is 0.257 e. The molecular weight excluding hydrogens is 438 g/mol. The number of hydrogen-bond donors (Lipinski definition) is 2. The van der Waals surface area contributed by atoms with Gasteiger partial charge in [0.05, 0.1) is 17.3 Å². The Morgan fingerprint density at radius 1 is 1.09 bits per heavy atom. The van der Waals surface area contributed by atoms with Crippen molar-refractivity contribution in [3.05, 3.63) is 102 Å². The van der Waals surface area contributed by atoms with Gasteiger partial charge in [0.25, 0.3) is 5.91 Å². The van der Waals surface area contributed by atoms with E-state index in [1.165, 1.54) is 6.20 Å². The molecule has 0 aliphatic carbocycles. The smallest absolute Gasteiger partial charge is 0.257 e. The third kappa shape index (κ3) is 5.25. The second-order valence-electron chi connectivity index (χ2n) is 8.64. The minimum atomic E-state index is -0.185. The van der Waals surface area contributed by atoms with E-state index in [1.807, 2.05) is 36.4 Å². The number of carbonyl (C=O) groups excluding carboxylic acids is 2. The number of rotatable bonds is 7. The van der Waals surface area contributed by atoms with Crippen molar-refractivity contribution in [2.45, 2.75) is 18.5 Å². The summed E-state index contributed by atoms with van der Waals surface area (Å²) in [6.45, 7) is 5.27. The first-order valence-corrected chi connectivity index (χ1v) is 11.7. The van der Waals surface area contributed by atoms with Gasteiger partial charge in [0.1, 0.15) is 0 Å². The number of nitrogen functional groups attached to an aromatic ring is 1. The highest BCUT2D eigenvalue weighted by molar-refractivity contribution is 6.00. The van der Waals surface area contributed by atoms with Crippen LogP contribution in [0.15, 0.2) is 79.6 Å². The maximum absolute atomic E-state index is 13.5. The van der Waals surface area contributed by atoms with Gasteiger partial charge in [0.2, 0.25) is 5.91 Å². The lowest BCUT2D eigenvalue weighted by molar-refractivity contribution is -0.122. The number of nitrogens with two attached hydrogens (primary N) is 1. The van der Waals surface area contributed by atoms with E-state index in [4.69, 9.17) is 5.73 Å². The summed E-state index contributed by atoms with van der Waals surface area (Å²) in [5.41, 5.74) is 9.88. The van der Waals surface area contributed by atoms with Crippen LogP contribution in [0, 0.1) is 0 Å². The first-order valence-electron chi connectivity index (χ1n) is 11.7. The van der Waals surface area contributed by atoms with E-state index in [2.05, 4.69) is 46.0 Å². The summed E-state index contributed by atoms with van der Waals surface area (Å²) in [5, 5.41) is 2.74. The van der Waals surface area contributed by atoms with E-state index >= 15 is 0 Å². The van der Waals surface area contributed by atoms with Crippen molar-refractivity contribution in [3.63, 3.8) is 0 Å². The van der Waals surface area contributed by atoms with Crippen LogP contribution in [0.4, 0.5) is 5.69 Å². The summed E-state index contributed by atoms with van der Waals surface area (Å²) >= 11 is 0. The average molecular weight is 470 g/mol. The molecule has 1 aliphatic rings. The van der Waals surface area contributed by atoms with Crippen LogP contribution >= 0.6 is 0 Å². The highest BCUT2D eigenvalue weighted by Crippen LogP contribution is 2.33. The minimum Gasteiger partial charge on any atom is -0.398 e. The fraction of sp³-hybridized carbons (Fsp3) is 0.250. The first kappa shape index (κ1) is 24.2. The van der Waals surface area contributed by atoms with Gasteiger partial charge >= 0.3 is 0 Å². The van der Waals surface area contributed by atoms with E-state index in [0.29, 0.717) is 36.4 Å². The fourth-order valence-corrected chi connectivity index (χ4v) is 4.73. The van der Waals surface area contributed by atoms with Crippen LogP contribution in [0.5, 0.6) is 0 Å². The van der Waals surface area contributed by atoms with Crippen molar-refractivity contribution in [1.29, 1.82) is 0 Å². The van der Waals surface area contributed by atoms with Gasteiger partial charge in [0, 0.05) is 57.1 Å². The second-order valence-corrected chi connectivity index (χ2v) is 8.64. The number of carbonyl (C=O) groups is 2. The zero-order valence-corrected chi connectivity index (χ0v) is 19.9. The van der Waals surface area contributed by atoms with E-state index in [9.17, 15) is 9.59 Å². The van der Waals surface area contributed by atoms with Crippen LogP contribution in [0.2, 0.25) is 0 Å². The lowest BCUT2D eigenvalue weighted by Gasteiger charge is -2.45. The Morgan fingerprint density at radius 2 is 1.71 bits per heavy atom. The Bertz CT molecular complexity index is 1140. The van der Waals surface area contributed by atoms with Crippen LogP contribution in [0.3, 0.4) is 0 Å². The highest BCUT2D eigenvalue weighted by atomic mass is 16.2. The Hall–Kier alpha value is -3.97. The van der Waals surface area contributed by atoms with Gasteiger partial charge in [-0.15, -0.1) is 0 Å². The molecular formula is C28H31N5O2. The van der Waals surface area contributed by atoms with Gasteiger partial charge < -0.3 is 16.0 Å². The van der Waals surface area contributed by atoms with Crippen LogP contribution < -0.4 is 11.1 Å². The summed E-state index contributed by atoms with van der Waals surface area (Å²) in [6.07, 6.45) is 4.96. The van der Waals surface area contributed by atoms with Crippen molar-refractivity contribution >= 4 is 23.6 Å². The zero-order chi connectivity index (χ0) is 24.8.